The van der Waals surface area contributed by atoms with Crippen LogP contribution in [0.15, 0.2) is 30.9 Å². The predicted molar refractivity (Wildman–Crippen MR) is 106 cm³/mol. The molecule has 0 spiro atoms. The minimum absolute atomic E-state index is 0.300. The van der Waals surface area contributed by atoms with Gasteiger partial charge in [0.1, 0.15) is 12.2 Å². The van der Waals surface area contributed by atoms with E-state index < -0.39 is 12.1 Å². The fourth-order valence-electron chi connectivity index (χ4n) is 2.72. The molecule has 2 aromatic heterocycles. The Bertz CT molecular complexity index is 917. The highest BCUT2D eigenvalue weighted by Gasteiger charge is 2.13. The molecule has 0 unspecified atom stereocenters. The molecular formula is C19H21F2N7O. The van der Waals surface area contributed by atoms with Crippen molar-refractivity contribution in [3.8, 4) is 11.4 Å². The molecule has 0 radical (unpaired) electrons. The number of hydrogen-bond donors (Lipinski definition) is 4. The van der Waals surface area contributed by atoms with Gasteiger partial charge in [-0.25, -0.2) is 23.7 Å². The maximum atomic E-state index is 12.4. The summed E-state index contributed by atoms with van der Waals surface area (Å²) in [5.74, 6) is 0.328. The zero-order valence-electron chi connectivity index (χ0n) is 15.5. The third-order valence-corrected chi connectivity index (χ3v) is 4.34. The van der Waals surface area contributed by atoms with Crippen molar-refractivity contribution in [1.82, 2.24) is 25.3 Å². The summed E-state index contributed by atoms with van der Waals surface area (Å²) in [5.41, 5.74) is 1.49. The van der Waals surface area contributed by atoms with Crippen LogP contribution in [0.5, 0.6) is 0 Å². The molecular weight excluding hydrogens is 380 g/mol. The molecule has 0 atom stereocenters. The van der Waals surface area contributed by atoms with Gasteiger partial charge in [0, 0.05) is 37.2 Å². The van der Waals surface area contributed by atoms with Gasteiger partial charge in [0.05, 0.1) is 29.0 Å². The number of ether oxygens (including phenoxy) is 1. The molecule has 4 N–H and O–H groups in total. The number of hydrogen-bond acceptors (Lipinski definition) is 7. The van der Waals surface area contributed by atoms with Crippen molar-refractivity contribution in [2.24, 2.45) is 0 Å². The fourth-order valence-corrected chi connectivity index (χ4v) is 2.72. The molecule has 1 aliphatic rings. The van der Waals surface area contributed by atoms with Crippen molar-refractivity contribution < 1.29 is 13.5 Å². The minimum Gasteiger partial charge on any atom is -0.387 e. The molecule has 1 aliphatic heterocycles. The zero-order chi connectivity index (χ0) is 20.6. The molecule has 8 nitrogen and oxygen atoms in total. The van der Waals surface area contributed by atoms with E-state index >= 15 is 0 Å². The van der Waals surface area contributed by atoms with Gasteiger partial charge in [-0.15, -0.1) is 0 Å². The van der Waals surface area contributed by atoms with Crippen molar-refractivity contribution in [3.05, 3.63) is 42.4 Å². The average Bonchev–Trinajstić information content (AvgIpc) is 3.22. The van der Waals surface area contributed by atoms with Crippen molar-refractivity contribution in [3.63, 3.8) is 0 Å². The Morgan fingerprint density at radius 1 is 1.28 bits per heavy atom. The number of halogens is 2. The number of alkyl halides is 2. The Kier molecular flexibility index (Phi) is 6.90. The Morgan fingerprint density at radius 2 is 2.07 bits per heavy atom. The van der Waals surface area contributed by atoms with Gasteiger partial charge in [-0.05, 0) is 31.1 Å². The van der Waals surface area contributed by atoms with Crippen molar-refractivity contribution in [2.75, 3.05) is 13.2 Å². The topological polar surface area (TPSA) is 123 Å². The van der Waals surface area contributed by atoms with Crippen molar-refractivity contribution in [1.29, 1.82) is 10.8 Å². The second-order valence-corrected chi connectivity index (χ2v) is 6.36. The van der Waals surface area contributed by atoms with Crippen LogP contribution in [0.3, 0.4) is 0 Å². The predicted octanol–water partition coefficient (Wildman–Crippen LogP) is 2.92. The molecule has 29 heavy (non-hydrogen) atoms. The lowest BCUT2D eigenvalue weighted by molar-refractivity contribution is 0.0812. The van der Waals surface area contributed by atoms with Crippen LogP contribution in [-0.2, 0) is 4.74 Å². The normalized spacial score (nSPS) is 15.8. The molecule has 2 aromatic rings. The van der Waals surface area contributed by atoms with Crippen LogP contribution in [-0.4, -0.2) is 57.5 Å². The lowest BCUT2D eigenvalue weighted by atomic mass is 10.1. The van der Waals surface area contributed by atoms with E-state index in [0.29, 0.717) is 34.5 Å². The quantitative estimate of drug-likeness (QED) is 0.507. The van der Waals surface area contributed by atoms with Crippen LogP contribution < -0.4 is 5.32 Å². The largest absolute Gasteiger partial charge is 0.387 e. The molecule has 0 aromatic carbocycles. The summed E-state index contributed by atoms with van der Waals surface area (Å²) in [6.07, 6.45) is 7.19. The van der Waals surface area contributed by atoms with Gasteiger partial charge in [0.25, 0.3) is 6.43 Å². The number of rotatable bonds is 8. The summed E-state index contributed by atoms with van der Waals surface area (Å²) in [5, 5.41) is 18.1. The number of H-pyrrole nitrogens is 1. The number of allylic oxidation sites excluding steroid dienone is 2. The third-order valence-electron chi connectivity index (χ3n) is 4.34. The molecule has 1 saturated heterocycles. The van der Waals surface area contributed by atoms with Crippen molar-refractivity contribution >= 4 is 23.6 Å². The van der Waals surface area contributed by atoms with Crippen LogP contribution in [0.4, 0.5) is 8.78 Å². The summed E-state index contributed by atoms with van der Waals surface area (Å²) in [7, 11) is 0. The molecule has 0 amide bonds. The molecule has 3 rings (SSSR count). The molecule has 0 saturated carbocycles. The molecule has 0 bridgehead atoms. The molecule has 10 heteroatoms. The monoisotopic (exact) mass is 401 g/mol. The van der Waals surface area contributed by atoms with E-state index in [1.54, 1.807) is 12.3 Å². The standard InChI is InChI=1S/C19H21F2N7O/c20-19(21)14(23)1-2-18-25-10-17(28-18)16-7-15(26-11-27-16)12(8-22)9-24-13-3-5-29-6-4-13/h1-2,7-11,13,19,22-24H,3-6H2,(H,25,28)/b2-1-,12-9+,22-8?,23-14?. The number of aromatic amines is 1. The first-order valence-corrected chi connectivity index (χ1v) is 9.03. The molecule has 3 heterocycles. The van der Waals surface area contributed by atoms with Gasteiger partial charge < -0.3 is 20.4 Å². The van der Waals surface area contributed by atoms with Gasteiger partial charge in [0.2, 0.25) is 0 Å². The number of aromatic nitrogens is 4. The average molecular weight is 401 g/mol. The summed E-state index contributed by atoms with van der Waals surface area (Å²) in [6, 6.07) is 2.01. The summed E-state index contributed by atoms with van der Waals surface area (Å²) in [6.45, 7) is 1.44. The Hall–Kier alpha value is -3.27. The van der Waals surface area contributed by atoms with Crippen LogP contribution in [0.1, 0.15) is 24.4 Å². The van der Waals surface area contributed by atoms with Gasteiger partial charge in [-0.2, -0.15) is 0 Å². The summed E-state index contributed by atoms with van der Waals surface area (Å²) < 4.78 is 30.1. The smallest absolute Gasteiger partial charge is 0.279 e. The second kappa shape index (κ2) is 9.78. The lowest BCUT2D eigenvalue weighted by Crippen LogP contribution is -2.31. The van der Waals surface area contributed by atoms with Crippen LogP contribution in [0.2, 0.25) is 0 Å². The third kappa shape index (κ3) is 5.61. The molecule has 152 valence electrons. The van der Waals surface area contributed by atoms with Crippen LogP contribution >= 0.6 is 0 Å². The number of nitrogens with one attached hydrogen (secondary N) is 4. The highest BCUT2D eigenvalue weighted by molar-refractivity contribution is 6.07. The number of nitrogens with zero attached hydrogens (tertiary/aromatic N) is 3. The highest BCUT2D eigenvalue weighted by Crippen LogP contribution is 2.18. The van der Waals surface area contributed by atoms with E-state index in [2.05, 4.69) is 25.3 Å². The molecule has 0 aliphatic carbocycles. The first-order chi connectivity index (χ1) is 14.1. The first-order valence-electron chi connectivity index (χ1n) is 9.03. The van der Waals surface area contributed by atoms with Crippen LogP contribution in [0, 0.1) is 10.8 Å². The highest BCUT2D eigenvalue weighted by atomic mass is 19.3. The Balaban J connectivity index is 1.74. The van der Waals surface area contributed by atoms with E-state index in [1.807, 2.05) is 0 Å². The Morgan fingerprint density at radius 3 is 2.79 bits per heavy atom. The first kappa shape index (κ1) is 20.5. The van der Waals surface area contributed by atoms with Crippen molar-refractivity contribution in [2.45, 2.75) is 25.3 Å². The summed E-state index contributed by atoms with van der Waals surface area (Å²) in [4.78, 5) is 15.5. The summed E-state index contributed by atoms with van der Waals surface area (Å²) >= 11 is 0. The lowest BCUT2D eigenvalue weighted by Gasteiger charge is -2.22. The SMILES string of the molecule is N=C/C(=C\NC1CCOCC1)c1cc(-c2cnc(/C=C\C(=N)C(F)F)[nH]2)ncn1. The second-order valence-electron chi connectivity index (χ2n) is 6.36. The maximum absolute atomic E-state index is 12.4. The van der Waals surface area contributed by atoms with E-state index in [1.165, 1.54) is 24.8 Å². The fraction of sp³-hybridized carbons (Fsp3) is 0.316. The van der Waals surface area contributed by atoms with Gasteiger partial charge in [-0.1, -0.05) is 0 Å². The van der Waals surface area contributed by atoms with E-state index in [0.717, 1.165) is 32.1 Å². The van der Waals surface area contributed by atoms with E-state index in [9.17, 15) is 8.78 Å². The maximum Gasteiger partial charge on any atom is 0.279 e. The van der Waals surface area contributed by atoms with Crippen LogP contribution in [0.25, 0.3) is 23.0 Å². The zero-order valence-corrected chi connectivity index (χ0v) is 15.5. The molecule has 1 fully saturated rings. The minimum atomic E-state index is -2.83. The van der Waals surface area contributed by atoms with E-state index in [-0.39, 0.29) is 0 Å². The number of imidazole rings is 1. The van der Waals surface area contributed by atoms with Gasteiger partial charge >= 0.3 is 0 Å². The van der Waals surface area contributed by atoms with Gasteiger partial charge in [-0.3, -0.25) is 5.41 Å². The van der Waals surface area contributed by atoms with Gasteiger partial charge in [0.15, 0.2) is 0 Å². The Labute approximate surface area is 166 Å². The van der Waals surface area contributed by atoms with E-state index in [4.69, 9.17) is 15.6 Å².